The molecule has 0 atom stereocenters. The van der Waals surface area contributed by atoms with Crippen LogP contribution in [0.15, 0.2) is 24.3 Å². The summed E-state index contributed by atoms with van der Waals surface area (Å²) in [6.07, 6.45) is 0. The Morgan fingerprint density at radius 1 is 1.22 bits per heavy atom. The molecule has 100 valence electrons. The van der Waals surface area contributed by atoms with E-state index in [9.17, 15) is 4.79 Å². The van der Waals surface area contributed by atoms with E-state index in [0.29, 0.717) is 0 Å². The van der Waals surface area contributed by atoms with Crippen LogP contribution in [0.2, 0.25) is 0 Å². The van der Waals surface area contributed by atoms with Crippen molar-refractivity contribution < 1.29 is 4.79 Å². The Labute approximate surface area is 110 Å². The largest absolute Gasteiger partial charge is 0.326 e. The maximum Gasteiger partial charge on any atom is 0.226 e. The van der Waals surface area contributed by atoms with Gasteiger partial charge in [-0.05, 0) is 24.7 Å². The molecule has 0 radical (unpaired) electrons. The number of carbonyl (C=O) groups excluding carboxylic acids is 1. The van der Waals surface area contributed by atoms with E-state index in [1.54, 1.807) is 0 Å². The minimum Gasteiger partial charge on any atom is -0.326 e. The van der Waals surface area contributed by atoms with Crippen LogP contribution in [-0.2, 0) is 11.3 Å². The molecule has 0 aliphatic heterocycles. The summed E-state index contributed by atoms with van der Waals surface area (Å²) < 4.78 is 0. The molecule has 1 amide bonds. The average Bonchev–Trinajstić information content (AvgIpc) is 2.37. The average molecular weight is 248 g/mol. The van der Waals surface area contributed by atoms with E-state index in [1.165, 1.54) is 5.56 Å². The first-order valence-corrected chi connectivity index (χ1v) is 6.69. The number of nitrogens with zero attached hydrogens (tertiary/aromatic N) is 1. The standard InChI is InChI=1S/C15H24N2O/c1-5-17(6-2)11-13-9-7-8-10-14(13)16-15(18)12(3)4/h7-10,12H,5-6,11H2,1-4H3,(H,16,18). The van der Waals surface area contributed by atoms with Gasteiger partial charge in [-0.15, -0.1) is 0 Å². The quantitative estimate of drug-likeness (QED) is 0.839. The highest BCUT2D eigenvalue weighted by atomic mass is 16.1. The molecular formula is C15H24N2O. The molecule has 3 heteroatoms. The van der Waals surface area contributed by atoms with Gasteiger partial charge in [0.1, 0.15) is 0 Å². The SMILES string of the molecule is CCN(CC)Cc1ccccc1NC(=O)C(C)C. The predicted molar refractivity (Wildman–Crippen MR) is 76.5 cm³/mol. The lowest BCUT2D eigenvalue weighted by Gasteiger charge is -2.20. The summed E-state index contributed by atoms with van der Waals surface area (Å²) in [5, 5.41) is 3.00. The second-order valence-corrected chi connectivity index (χ2v) is 4.76. The summed E-state index contributed by atoms with van der Waals surface area (Å²) in [5.41, 5.74) is 2.11. The van der Waals surface area contributed by atoms with Gasteiger partial charge in [-0.1, -0.05) is 45.9 Å². The number of amides is 1. The molecule has 18 heavy (non-hydrogen) atoms. The molecule has 0 heterocycles. The van der Waals surface area contributed by atoms with Crippen LogP contribution in [0.3, 0.4) is 0 Å². The third-order valence-corrected chi connectivity index (χ3v) is 3.09. The van der Waals surface area contributed by atoms with Gasteiger partial charge in [0.2, 0.25) is 5.91 Å². The van der Waals surface area contributed by atoms with Gasteiger partial charge in [-0.2, -0.15) is 0 Å². The second kappa shape index (κ2) is 7.17. The Morgan fingerprint density at radius 2 is 1.83 bits per heavy atom. The van der Waals surface area contributed by atoms with Crippen molar-refractivity contribution in [1.29, 1.82) is 0 Å². The molecule has 1 N–H and O–H groups in total. The van der Waals surface area contributed by atoms with Crippen molar-refractivity contribution in [3.63, 3.8) is 0 Å². The van der Waals surface area contributed by atoms with Crippen molar-refractivity contribution >= 4 is 11.6 Å². The molecule has 0 bridgehead atoms. The molecule has 0 saturated heterocycles. The van der Waals surface area contributed by atoms with Crippen LogP contribution in [-0.4, -0.2) is 23.9 Å². The molecule has 1 aromatic carbocycles. The minimum atomic E-state index is 0.00603. The Balaban J connectivity index is 2.82. The summed E-state index contributed by atoms with van der Waals surface area (Å²) >= 11 is 0. The van der Waals surface area contributed by atoms with E-state index in [1.807, 2.05) is 32.0 Å². The molecule has 0 unspecified atom stereocenters. The van der Waals surface area contributed by atoms with Gasteiger partial charge in [0.15, 0.2) is 0 Å². The number of rotatable bonds is 6. The summed E-state index contributed by atoms with van der Waals surface area (Å²) in [6.45, 7) is 11.0. The van der Waals surface area contributed by atoms with Crippen LogP contribution in [0, 0.1) is 5.92 Å². The normalized spacial score (nSPS) is 11.0. The summed E-state index contributed by atoms with van der Waals surface area (Å²) in [4.78, 5) is 14.1. The summed E-state index contributed by atoms with van der Waals surface area (Å²) in [7, 11) is 0. The van der Waals surface area contributed by atoms with Crippen molar-refractivity contribution in [3.05, 3.63) is 29.8 Å². The lowest BCUT2D eigenvalue weighted by molar-refractivity contribution is -0.118. The Kier molecular flexibility index (Phi) is 5.86. The highest BCUT2D eigenvalue weighted by Crippen LogP contribution is 2.18. The van der Waals surface area contributed by atoms with E-state index in [0.717, 1.165) is 25.3 Å². The van der Waals surface area contributed by atoms with Crippen LogP contribution in [0.25, 0.3) is 0 Å². The van der Waals surface area contributed by atoms with Crippen molar-refractivity contribution in [1.82, 2.24) is 4.90 Å². The number of carbonyl (C=O) groups is 1. The van der Waals surface area contributed by atoms with Crippen LogP contribution >= 0.6 is 0 Å². The fourth-order valence-corrected chi connectivity index (χ4v) is 1.75. The van der Waals surface area contributed by atoms with Crippen molar-refractivity contribution in [2.24, 2.45) is 5.92 Å². The molecule has 0 aromatic heterocycles. The molecule has 0 spiro atoms. The van der Waals surface area contributed by atoms with Gasteiger partial charge >= 0.3 is 0 Å². The monoisotopic (exact) mass is 248 g/mol. The summed E-state index contributed by atoms with van der Waals surface area (Å²) in [6, 6.07) is 8.03. The zero-order valence-corrected chi connectivity index (χ0v) is 11.9. The van der Waals surface area contributed by atoms with E-state index in [-0.39, 0.29) is 11.8 Å². The van der Waals surface area contributed by atoms with Crippen LogP contribution in [0.5, 0.6) is 0 Å². The van der Waals surface area contributed by atoms with Crippen molar-refractivity contribution in [2.75, 3.05) is 18.4 Å². The van der Waals surface area contributed by atoms with Gasteiger partial charge in [0.05, 0.1) is 0 Å². The Hall–Kier alpha value is -1.35. The van der Waals surface area contributed by atoms with E-state index in [4.69, 9.17) is 0 Å². The number of hydrogen-bond donors (Lipinski definition) is 1. The minimum absolute atomic E-state index is 0.00603. The fraction of sp³-hybridized carbons (Fsp3) is 0.533. The number of para-hydroxylation sites is 1. The van der Waals surface area contributed by atoms with Gasteiger partial charge in [-0.3, -0.25) is 9.69 Å². The molecule has 0 saturated carbocycles. The maximum absolute atomic E-state index is 11.8. The molecule has 3 nitrogen and oxygen atoms in total. The molecule has 1 aromatic rings. The van der Waals surface area contributed by atoms with E-state index < -0.39 is 0 Å². The smallest absolute Gasteiger partial charge is 0.226 e. The van der Waals surface area contributed by atoms with Gasteiger partial charge in [0.25, 0.3) is 0 Å². The fourth-order valence-electron chi connectivity index (χ4n) is 1.75. The highest BCUT2D eigenvalue weighted by Gasteiger charge is 2.11. The Morgan fingerprint density at radius 3 is 2.39 bits per heavy atom. The van der Waals surface area contributed by atoms with Crippen molar-refractivity contribution in [3.8, 4) is 0 Å². The highest BCUT2D eigenvalue weighted by molar-refractivity contribution is 5.92. The first kappa shape index (κ1) is 14.7. The van der Waals surface area contributed by atoms with Crippen LogP contribution in [0.1, 0.15) is 33.3 Å². The van der Waals surface area contributed by atoms with E-state index in [2.05, 4.69) is 30.1 Å². The zero-order chi connectivity index (χ0) is 13.5. The predicted octanol–water partition coefficient (Wildman–Crippen LogP) is 3.12. The second-order valence-electron chi connectivity index (χ2n) is 4.76. The summed E-state index contributed by atoms with van der Waals surface area (Å²) in [5.74, 6) is 0.0773. The number of hydrogen-bond acceptors (Lipinski definition) is 2. The molecule has 1 rings (SSSR count). The first-order valence-electron chi connectivity index (χ1n) is 6.69. The van der Waals surface area contributed by atoms with Crippen LogP contribution in [0.4, 0.5) is 5.69 Å². The third-order valence-electron chi connectivity index (χ3n) is 3.09. The molecule has 0 aliphatic carbocycles. The van der Waals surface area contributed by atoms with Gasteiger partial charge < -0.3 is 5.32 Å². The Bertz CT molecular complexity index is 384. The molecule has 0 fully saturated rings. The van der Waals surface area contributed by atoms with E-state index >= 15 is 0 Å². The lowest BCUT2D eigenvalue weighted by atomic mass is 10.1. The number of nitrogens with one attached hydrogen (secondary N) is 1. The maximum atomic E-state index is 11.8. The van der Waals surface area contributed by atoms with Gasteiger partial charge in [0, 0.05) is 18.2 Å². The van der Waals surface area contributed by atoms with Crippen LogP contribution < -0.4 is 5.32 Å². The number of anilines is 1. The van der Waals surface area contributed by atoms with Crippen molar-refractivity contribution in [2.45, 2.75) is 34.2 Å². The first-order chi connectivity index (χ1) is 8.58. The lowest BCUT2D eigenvalue weighted by Crippen LogP contribution is -2.24. The zero-order valence-electron chi connectivity index (χ0n) is 11.9. The van der Waals surface area contributed by atoms with Gasteiger partial charge in [-0.25, -0.2) is 0 Å². The number of benzene rings is 1. The topological polar surface area (TPSA) is 32.3 Å². The third kappa shape index (κ3) is 4.15. The molecular weight excluding hydrogens is 224 g/mol. The molecule has 0 aliphatic rings.